The van der Waals surface area contributed by atoms with Crippen LogP contribution in [0.15, 0.2) is 72.9 Å². The van der Waals surface area contributed by atoms with E-state index >= 15 is 0 Å². The van der Waals surface area contributed by atoms with Crippen LogP contribution in [0, 0.1) is 10.1 Å². The maximum absolute atomic E-state index is 13.4. The van der Waals surface area contributed by atoms with Crippen molar-refractivity contribution in [3.8, 4) is 17.0 Å². The molecular formula is C33H36N4O6. The third kappa shape index (κ3) is 7.85. The first kappa shape index (κ1) is 31.0. The minimum Gasteiger partial charge on any atom is -0.493 e. The number of hydrogen-bond acceptors (Lipinski definition) is 6. The predicted molar refractivity (Wildman–Crippen MR) is 164 cm³/mol. The van der Waals surface area contributed by atoms with Crippen molar-refractivity contribution in [1.82, 2.24) is 15.3 Å². The third-order valence-corrected chi connectivity index (χ3v) is 7.13. The molecule has 10 nitrogen and oxygen atoms in total. The number of nitro groups is 1. The van der Waals surface area contributed by atoms with Crippen LogP contribution in [0.4, 0.5) is 5.69 Å². The molecule has 1 aromatic heterocycles. The fourth-order valence-electron chi connectivity index (χ4n) is 4.57. The summed E-state index contributed by atoms with van der Waals surface area (Å²) < 4.78 is 5.73. The number of aromatic amines is 1. The predicted octanol–water partition coefficient (Wildman–Crippen LogP) is 6.87. The number of benzene rings is 3. The van der Waals surface area contributed by atoms with Crippen LogP contribution in [0.1, 0.15) is 84.2 Å². The molecule has 43 heavy (non-hydrogen) atoms. The summed E-state index contributed by atoms with van der Waals surface area (Å²) in [6.07, 6.45) is 3.56. The number of nitro benzene ring substituents is 1. The van der Waals surface area contributed by atoms with Gasteiger partial charge in [0.05, 0.1) is 29.5 Å². The van der Waals surface area contributed by atoms with Crippen LogP contribution >= 0.6 is 0 Å². The van der Waals surface area contributed by atoms with Crippen LogP contribution in [0.5, 0.6) is 5.75 Å². The number of nitrogens with zero attached hydrogens (tertiary/aromatic N) is 2. The zero-order valence-electron chi connectivity index (χ0n) is 24.7. The van der Waals surface area contributed by atoms with E-state index < -0.39 is 16.9 Å². The highest BCUT2D eigenvalue weighted by atomic mass is 16.6. The lowest BCUT2D eigenvalue weighted by Gasteiger charge is -2.21. The van der Waals surface area contributed by atoms with Crippen LogP contribution in [0.2, 0.25) is 0 Å². The van der Waals surface area contributed by atoms with Crippen LogP contribution in [-0.2, 0) is 11.8 Å². The number of carboxylic acids is 1. The molecule has 0 saturated heterocycles. The van der Waals surface area contributed by atoms with Gasteiger partial charge in [0.2, 0.25) is 0 Å². The van der Waals surface area contributed by atoms with E-state index in [0.29, 0.717) is 34.8 Å². The van der Waals surface area contributed by atoms with Crippen molar-refractivity contribution in [2.75, 3.05) is 6.61 Å². The molecule has 0 aliphatic carbocycles. The average molecular weight is 585 g/mol. The summed E-state index contributed by atoms with van der Waals surface area (Å²) in [7, 11) is 0. The van der Waals surface area contributed by atoms with Crippen LogP contribution < -0.4 is 10.1 Å². The number of aromatic nitrogens is 2. The lowest BCUT2D eigenvalue weighted by Crippen LogP contribution is -2.30. The van der Waals surface area contributed by atoms with Gasteiger partial charge < -0.3 is 20.1 Å². The molecule has 1 heterocycles. The molecule has 4 aromatic rings. The fraction of sp³-hybridized carbons (Fsp3) is 0.303. The molecule has 3 N–H and O–H groups in total. The van der Waals surface area contributed by atoms with Crippen molar-refractivity contribution < 1.29 is 24.4 Å². The molecule has 10 heteroatoms. The summed E-state index contributed by atoms with van der Waals surface area (Å²) in [6, 6.07) is 17.8. The van der Waals surface area contributed by atoms with Gasteiger partial charge in [-0.1, -0.05) is 52.3 Å². The highest BCUT2D eigenvalue weighted by molar-refractivity contribution is 5.95. The van der Waals surface area contributed by atoms with Gasteiger partial charge in [-0.2, -0.15) is 0 Å². The number of ether oxygens (including phenoxy) is 1. The van der Waals surface area contributed by atoms with E-state index in [-0.39, 0.29) is 34.7 Å². The van der Waals surface area contributed by atoms with Gasteiger partial charge in [-0.3, -0.25) is 14.9 Å². The van der Waals surface area contributed by atoms with E-state index in [0.717, 1.165) is 18.4 Å². The first-order valence-electron chi connectivity index (χ1n) is 14.2. The van der Waals surface area contributed by atoms with E-state index in [4.69, 9.17) is 4.74 Å². The summed E-state index contributed by atoms with van der Waals surface area (Å²) in [6.45, 7) is 8.72. The highest BCUT2D eigenvalue weighted by Crippen LogP contribution is 2.28. The molecule has 3 aromatic carbocycles. The van der Waals surface area contributed by atoms with Gasteiger partial charge in [0, 0.05) is 29.7 Å². The lowest BCUT2D eigenvalue weighted by molar-refractivity contribution is -0.384. The standard InChI is InChI=1S/C33H36N4O6/c1-5-6-17-43-29-16-11-23(18-26(29)32(39)40)27(36-31(38)22-7-12-24(13-8-22)33(2,3)4)19-30-34-20-28(35-30)21-9-14-25(15-10-21)37(41)42/h7-16,18,20,27H,5-6,17,19H2,1-4H3,(H,34,35)(H,36,38)(H,39,40). The number of nitrogens with one attached hydrogen (secondary N) is 2. The molecule has 0 aliphatic heterocycles. The van der Waals surface area contributed by atoms with Gasteiger partial charge in [0.15, 0.2) is 0 Å². The quantitative estimate of drug-likeness (QED) is 0.0934. The van der Waals surface area contributed by atoms with Crippen molar-refractivity contribution in [3.63, 3.8) is 0 Å². The van der Waals surface area contributed by atoms with Crippen LogP contribution in [0.25, 0.3) is 11.3 Å². The molecule has 0 bridgehead atoms. The van der Waals surface area contributed by atoms with Crippen molar-refractivity contribution >= 4 is 17.6 Å². The zero-order valence-corrected chi connectivity index (χ0v) is 24.7. The molecule has 0 radical (unpaired) electrons. The first-order chi connectivity index (χ1) is 20.5. The number of non-ortho nitro benzene ring substituents is 1. The Hall–Kier alpha value is -4.99. The molecule has 1 amide bonds. The molecule has 4 rings (SSSR count). The maximum atomic E-state index is 13.4. The summed E-state index contributed by atoms with van der Waals surface area (Å²) in [4.78, 5) is 43.8. The number of hydrogen-bond donors (Lipinski definition) is 3. The second-order valence-electron chi connectivity index (χ2n) is 11.4. The molecule has 1 unspecified atom stereocenters. The Bertz CT molecular complexity index is 1590. The Morgan fingerprint density at radius 1 is 1.07 bits per heavy atom. The molecular weight excluding hydrogens is 548 g/mol. The van der Waals surface area contributed by atoms with Crippen molar-refractivity contribution in [1.29, 1.82) is 0 Å². The molecule has 0 aliphatic rings. The van der Waals surface area contributed by atoms with E-state index in [1.165, 1.54) is 18.2 Å². The van der Waals surface area contributed by atoms with E-state index in [1.807, 2.05) is 19.1 Å². The Morgan fingerprint density at radius 2 is 1.77 bits per heavy atom. The number of imidazole rings is 1. The number of carboxylic acid groups (broad SMARTS) is 1. The normalized spacial score (nSPS) is 12.0. The number of aromatic carboxylic acids is 1. The number of H-pyrrole nitrogens is 1. The van der Waals surface area contributed by atoms with Gasteiger partial charge in [-0.05, 0) is 59.4 Å². The number of carbonyl (C=O) groups excluding carboxylic acids is 1. The van der Waals surface area contributed by atoms with Gasteiger partial charge in [-0.25, -0.2) is 9.78 Å². The lowest BCUT2D eigenvalue weighted by atomic mass is 9.86. The SMILES string of the molecule is CCCCOc1ccc(C(Cc2ncc(-c3ccc([N+](=O)[O-])cc3)[nH]2)NC(=O)c2ccc(C(C)(C)C)cc2)cc1C(=O)O. The van der Waals surface area contributed by atoms with Gasteiger partial charge in [-0.15, -0.1) is 0 Å². The summed E-state index contributed by atoms with van der Waals surface area (Å²) in [5.74, 6) is -0.629. The second kappa shape index (κ2) is 13.3. The molecule has 0 fully saturated rings. The highest BCUT2D eigenvalue weighted by Gasteiger charge is 2.22. The average Bonchev–Trinajstić information content (AvgIpc) is 3.45. The summed E-state index contributed by atoms with van der Waals surface area (Å²) >= 11 is 0. The molecule has 1 atom stereocenters. The smallest absolute Gasteiger partial charge is 0.339 e. The van der Waals surface area contributed by atoms with Crippen molar-refractivity contribution in [2.45, 2.75) is 58.4 Å². The monoisotopic (exact) mass is 584 g/mol. The van der Waals surface area contributed by atoms with Gasteiger partial charge in [0.1, 0.15) is 17.1 Å². The minimum atomic E-state index is -1.13. The van der Waals surface area contributed by atoms with Crippen LogP contribution in [-0.4, -0.2) is 38.5 Å². The maximum Gasteiger partial charge on any atom is 0.339 e. The fourth-order valence-corrected chi connectivity index (χ4v) is 4.57. The summed E-state index contributed by atoms with van der Waals surface area (Å²) in [5, 5.41) is 24.0. The molecule has 224 valence electrons. The van der Waals surface area contributed by atoms with Crippen molar-refractivity contribution in [3.05, 3.63) is 111 Å². The first-order valence-corrected chi connectivity index (χ1v) is 14.2. The Labute approximate surface area is 250 Å². The van der Waals surface area contributed by atoms with Crippen LogP contribution in [0.3, 0.4) is 0 Å². The number of rotatable bonds is 12. The van der Waals surface area contributed by atoms with E-state index in [2.05, 4.69) is 36.1 Å². The van der Waals surface area contributed by atoms with E-state index in [1.54, 1.807) is 42.6 Å². The summed E-state index contributed by atoms with van der Waals surface area (Å²) in [5.41, 5.74) is 3.44. The largest absolute Gasteiger partial charge is 0.493 e. The molecule has 0 saturated carbocycles. The van der Waals surface area contributed by atoms with Gasteiger partial charge in [0.25, 0.3) is 11.6 Å². The topological polar surface area (TPSA) is 147 Å². The number of amides is 1. The Balaban J connectivity index is 1.64. The third-order valence-electron chi connectivity index (χ3n) is 7.13. The molecule has 0 spiro atoms. The Morgan fingerprint density at radius 3 is 2.37 bits per heavy atom. The Kier molecular flexibility index (Phi) is 9.59. The van der Waals surface area contributed by atoms with E-state index in [9.17, 15) is 24.8 Å². The van der Waals surface area contributed by atoms with Crippen molar-refractivity contribution in [2.24, 2.45) is 0 Å². The number of unbranched alkanes of at least 4 members (excludes halogenated alkanes) is 1. The van der Waals surface area contributed by atoms with Gasteiger partial charge >= 0.3 is 5.97 Å². The second-order valence-corrected chi connectivity index (χ2v) is 11.4. The minimum absolute atomic E-state index is 0.00777. The number of carbonyl (C=O) groups is 2. The zero-order chi connectivity index (χ0) is 31.1.